The second-order valence-corrected chi connectivity index (χ2v) is 6.19. The van der Waals surface area contributed by atoms with Crippen LogP contribution in [0.2, 0.25) is 0 Å². The largest absolute Gasteiger partial charge is 0.478 e. The summed E-state index contributed by atoms with van der Waals surface area (Å²) in [5.41, 5.74) is 0.521. The number of hydrogen-bond donors (Lipinski definition) is 1. The number of carboxylic acid groups (broad SMARTS) is 1. The molecule has 6 nitrogen and oxygen atoms in total. The molecule has 1 unspecified atom stereocenters. The van der Waals surface area contributed by atoms with Gasteiger partial charge in [-0.25, -0.2) is 13.2 Å². The van der Waals surface area contributed by atoms with Crippen molar-refractivity contribution in [3.8, 4) is 0 Å². The minimum Gasteiger partial charge on any atom is -0.478 e. The lowest BCUT2D eigenvalue weighted by atomic mass is 10.2. The maximum Gasteiger partial charge on any atom is 0.335 e. The number of rotatable bonds is 6. The molecule has 7 heteroatoms. The minimum atomic E-state index is -3.50. The molecule has 0 saturated carbocycles. The molecule has 0 aliphatic carbocycles. The van der Waals surface area contributed by atoms with Gasteiger partial charge in [0.15, 0.2) is 0 Å². The molecule has 0 aromatic heterocycles. The van der Waals surface area contributed by atoms with Crippen molar-refractivity contribution in [2.45, 2.75) is 13.0 Å². The Kier molecular flexibility index (Phi) is 4.90. The van der Waals surface area contributed by atoms with Crippen LogP contribution in [0.5, 0.6) is 0 Å². The van der Waals surface area contributed by atoms with Crippen molar-refractivity contribution in [2.24, 2.45) is 0 Å². The van der Waals surface area contributed by atoms with Crippen LogP contribution in [-0.4, -0.2) is 45.5 Å². The second kappa shape index (κ2) is 6.03. The van der Waals surface area contributed by atoms with E-state index in [0.717, 1.165) is 4.31 Å². The third kappa shape index (κ3) is 3.93. The van der Waals surface area contributed by atoms with Gasteiger partial charge in [-0.3, -0.25) is 4.31 Å². The fraction of sp³-hybridized carbons (Fsp3) is 0.417. The molecule has 0 amide bonds. The molecular formula is C12H17NO5S. The number of carboxylic acids is 1. The summed E-state index contributed by atoms with van der Waals surface area (Å²) in [6.07, 6.45) is -0.411. The van der Waals surface area contributed by atoms with Gasteiger partial charge >= 0.3 is 5.97 Å². The predicted octanol–water partition coefficient (Wildman–Crippen LogP) is 1.19. The van der Waals surface area contributed by atoms with Crippen molar-refractivity contribution in [1.82, 2.24) is 0 Å². The van der Waals surface area contributed by atoms with Crippen molar-refractivity contribution in [3.63, 3.8) is 0 Å². The molecule has 0 spiro atoms. The topological polar surface area (TPSA) is 83.9 Å². The van der Waals surface area contributed by atoms with Gasteiger partial charge in [-0.15, -0.1) is 0 Å². The zero-order valence-corrected chi connectivity index (χ0v) is 11.8. The number of sulfonamides is 1. The Balaban J connectivity index is 2.93. The zero-order valence-electron chi connectivity index (χ0n) is 11.0. The lowest BCUT2D eigenvalue weighted by molar-refractivity contribution is 0.0697. The molecule has 106 valence electrons. The van der Waals surface area contributed by atoms with Crippen LogP contribution >= 0.6 is 0 Å². The quantitative estimate of drug-likeness (QED) is 0.849. The summed E-state index contributed by atoms with van der Waals surface area (Å²) in [4.78, 5) is 10.7. The fourth-order valence-corrected chi connectivity index (χ4v) is 2.85. The fourth-order valence-electron chi connectivity index (χ4n) is 1.45. The van der Waals surface area contributed by atoms with Crippen LogP contribution in [0.15, 0.2) is 24.3 Å². The first-order valence-electron chi connectivity index (χ1n) is 5.60. The Bertz CT molecular complexity index is 538. The molecule has 1 aromatic rings. The van der Waals surface area contributed by atoms with Gasteiger partial charge in [0.05, 0.1) is 23.1 Å². The maximum absolute atomic E-state index is 12.0. The Hall–Kier alpha value is -1.60. The SMILES string of the molecule is COC(C)CS(=O)(=O)N(C)c1ccc(C(=O)O)cc1. The zero-order chi connectivity index (χ0) is 14.6. The predicted molar refractivity (Wildman–Crippen MR) is 72.1 cm³/mol. The van der Waals surface area contributed by atoms with Crippen molar-refractivity contribution in [2.75, 3.05) is 24.2 Å². The van der Waals surface area contributed by atoms with Crippen molar-refractivity contribution in [1.29, 1.82) is 0 Å². The van der Waals surface area contributed by atoms with Crippen LogP contribution in [0.1, 0.15) is 17.3 Å². The van der Waals surface area contributed by atoms with E-state index in [2.05, 4.69) is 0 Å². The van der Waals surface area contributed by atoms with E-state index in [1.807, 2.05) is 0 Å². The molecule has 0 saturated heterocycles. The molecule has 1 aromatic carbocycles. The summed E-state index contributed by atoms with van der Waals surface area (Å²) >= 11 is 0. The van der Waals surface area contributed by atoms with Crippen molar-refractivity contribution < 1.29 is 23.1 Å². The molecule has 0 aliphatic heterocycles. The van der Waals surface area contributed by atoms with E-state index in [0.29, 0.717) is 5.69 Å². The first-order valence-corrected chi connectivity index (χ1v) is 7.21. The third-order valence-corrected chi connectivity index (χ3v) is 4.68. The molecule has 0 fully saturated rings. The first-order chi connectivity index (χ1) is 8.77. The summed E-state index contributed by atoms with van der Waals surface area (Å²) in [6.45, 7) is 1.67. The van der Waals surface area contributed by atoms with Gasteiger partial charge in [0.2, 0.25) is 10.0 Å². The average molecular weight is 287 g/mol. The van der Waals surface area contributed by atoms with Gasteiger partial charge in [0.1, 0.15) is 0 Å². The van der Waals surface area contributed by atoms with E-state index < -0.39 is 22.1 Å². The summed E-state index contributed by atoms with van der Waals surface area (Å²) in [5, 5.41) is 8.78. The molecule has 1 rings (SSSR count). The first kappa shape index (κ1) is 15.5. The summed E-state index contributed by atoms with van der Waals surface area (Å²) in [5.74, 6) is -1.19. The number of aromatic carboxylic acids is 1. The maximum atomic E-state index is 12.0. The molecule has 0 bridgehead atoms. The van der Waals surface area contributed by atoms with E-state index in [9.17, 15) is 13.2 Å². The highest BCUT2D eigenvalue weighted by Gasteiger charge is 2.21. The van der Waals surface area contributed by atoms with Gasteiger partial charge in [0, 0.05) is 14.2 Å². The number of carbonyl (C=O) groups is 1. The summed E-state index contributed by atoms with van der Waals surface area (Å²) < 4.78 is 30.2. The van der Waals surface area contributed by atoms with E-state index in [1.165, 1.54) is 38.4 Å². The Morgan fingerprint density at radius 1 is 1.37 bits per heavy atom. The lowest BCUT2D eigenvalue weighted by Crippen LogP contribution is -2.33. The molecule has 0 radical (unpaired) electrons. The second-order valence-electron chi connectivity index (χ2n) is 4.14. The monoisotopic (exact) mass is 287 g/mol. The Morgan fingerprint density at radius 2 is 1.89 bits per heavy atom. The molecule has 1 atom stereocenters. The summed E-state index contributed by atoms with van der Waals surface area (Å²) in [7, 11) is -0.627. The number of ether oxygens (including phenoxy) is 1. The molecule has 19 heavy (non-hydrogen) atoms. The molecule has 0 aliphatic rings. The van der Waals surface area contributed by atoms with E-state index in [4.69, 9.17) is 9.84 Å². The van der Waals surface area contributed by atoms with Crippen molar-refractivity contribution >= 4 is 21.7 Å². The van der Waals surface area contributed by atoms with Crippen LogP contribution in [0, 0.1) is 0 Å². The van der Waals surface area contributed by atoms with Gasteiger partial charge < -0.3 is 9.84 Å². The van der Waals surface area contributed by atoms with E-state index in [-0.39, 0.29) is 11.3 Å². The van der Waals surface area contributed by atoms with Crippen LogP contribution in [-0.2, 0) is 14.8 Å². The highest BCUT2D eigenvalue weighted by molar-refractivity contribution is 7.92. The number of benzene rings is 1. The molecule has 0 heterocycles. The third-order valence-electron chi connectivity index (χ3n) is 2.74. The Labute approximate surface area is 112 Å². The molecular weight excluding hydrogens is 270 g/mol. The highest BCUT2D eigenvalue weighted by Crippen LogP contribution is 2.18. The number of nitrogens with zero attached hydrogens (tertiary/aromatic N) is 1. The van der Waals surface area contributed by atoms with Gasteiger partial charge in [-0.2, -0.15) is 0 Å². The van der Waals surface area contributed by atoms with Gasteiger partial charge in [-0.05, 0) is 31.2 Å². The summed E-state index contributed by atoms with van der Waals surface area (Å²) in [6, 6.07) is 5.64. The van der Waals surface area contributed by atoms with Crippen molar-refractivity contribution in [3.05, 3.63) is 29.8 Å². The smallest absolute Gasteiger partial charge is 0.335 e. The Morgan fingerprint density at radius 3 is 2.32 bits per heavy atom. The highest BCUT2D eigenvalue weighted by atomic mass is 32.2. The van der Waals surface area contributed by atoms with Crippen LogP contribution in [0.3, 0.4) is 0 Å². The van der Waals surface area contributed by atoms with Gasteiger partial charge in [0.25, 0.3) is 0 Å². The standard InChI is InChI=1S/C12H17NO5S/c1-9(18-3)8-19(16,17)13(2)11-6-4-10(5-7-11)12(14)15/h4-7,9H,8H2,1-3H3,(H,14,15). The van der Waals surface area contributed by atoms with E-state index in [1.54, 1.807) is 6.92 Å². The van der Waals surface area contributed by atoms with Crippen LogP contribution < -0.4 is 4.31 Å². The normalized spacial score (nSPS) is 13.0. The number of methoxy groups -OCH3 is 1. The lowest BCUT2D eigenvalue weighted by Gasteiger charge is -2.21. The van der Waals surface area contributed by atoms with Crippen LogP contribution in [0.4, 0.5) is 5.69 Å². The average Bonchev–Trinajstić information content (AvgIpc) is 2.37. The molecule has 1 N–H and O–H groups in total. The van der Waals surface area contributed by atoms with Gasteiger partial charge in [-0.1, -0.05) is 0 Å². The minimum absolute atomic E-state index is 0.111. The number of anilines is 1. The van der Waals surface area contributed by atoms with Crippen LogP contribution in [0.25, 0.3) is 0 Å². The number of hydrogen-bond acceptors (Lipinski definition) is 4. The van der Waals surface area contributed by atoms with E-state index >= 15 is 0 Å².